The number of halogens is 2. The summed E-state index contributed by atoms with van der Waals surface area (Å²) in [5.41, 5.74) is 2.02. The number of aryl methyl sites for hydroxylation is 1. The van der Waals surface area contributed by atoms with Crippen LogP contribution in [0.4, 0.5) is 13.9 Å². The van der Waals surface area contributed by atoms with Gasteiger partial charge in [-0.25, -0.2) is 9.37 Å². The minimum Gasteiger partial charge on any atom is -0.480 e. The van der Waals surface area contributed by atoms with Gasteiger partial charge in [0.05, 0.1) is 30.0 Å². The van der Waals surface area contributed by atoms with Gasteiger partial charge in [0.1, 0.15) is 6.04 Å². The number of anilines is 1. The first-order chi connectivity index (χ1) is 24.2. The number of morpholine rings is 1. The monoisotopic (exact) mass is 709 g/mol. The highest BCUT2D eigenvalue weighted by molar-refractivity contribution is 7.14. The Balaban J connectivity index is 0.920. The zero-order valence-electron chi connectivity index (χ0n) is 27.3. The average molecular weight is 710 g/mol. The second-order valence-electron chi connectivity index (χ2n) is 12.3. The molecule has 0 radical (unpaired) electrons. The van der Waals surface area contributed by atoms with E-state index >= 15 is 0 Å². The molecule has 50 heavy (non-hydrogen) atoms. The molecule has 0 spiro atoms. The molecule has 3 aromatic rings. The van der Waals surface area contributed by atoms with E-state index in [9.17, 15) is 32.8 Å². The van der Waals surface area contributed by atoms with Crippen molar-refractivity contribution >= 4 is 46.0 Å². The number of imide groups is 2. The summed E-state index contributed by atoms with van der Waals surface area (Å²) < 4.78 is 39.8. The maximum atomic E-state index is 14.8. The number of amides is 5. The van der Waals surface area contributed by atoms with Gasteiger partial charge in [-0.1, -0.05) is 31.4 Å². The van der Waals surface area contributed by atoms with Crippen LogP contribution in [0, 0.1) is 11.6 Å². The van der Waals surface area contributed by atoms with Crippen molar-refractivity contribution in [3.63, 3.8) is 0 Å². The number of aromatic nitrogens is 1. The van der Waals surface area contributed by atoms with Crippen molar-refractivity contribution in [3.8, 4) is 17.0 Å². The van der Waals surface area contributed by atoms with Crippen molar-refractivity contribution in [2.75, 3.05) is 44.4 Å². The van der Waals surface area contributed by atoms with E-state index in [2.05, 4.69) is 20.5 Å². The van der Waals surface area contributed by atoms with Crippen LogP contribution in [0.2, 0.25) is 0 Å². The Bertz CT molecular complexity index is 1790. The van der Waals surface area contributed by atoms with Crippen LogP contribution in [-0.4, -0.2) is 84.9 Å². The molecule has 4 heterocycles. The van der Waals surface area contributed by atoms with Crippen molar-refractivity contribution in [1.82, 2.24) is 20.5 Å². The van der Waals surface area contributed by atoms with Crippen molar-refractivity contribution in [2.45, 2.75) is 57.4 Å². The summed E-state index contributed by atoms with van der Waals surface area (Å²) >= 11 is 1.38. The van der Waals surface area contributed by atoms with E-state index in [4.69, 9.17) is 9.47 Å². The molecule has 2 saturated heterocycles. The van der Waals surface area contributed by atoms with Crippen LogP contribution < -0.4 is 20.3 Å². The van der Waals surface area contributed by atoms with Gasteiger partial charge in [-0.3, -0.25) is 34.2 Å². The molecule has 2 aromatic carbocycles. The number of nitrogens with one attached hydrogen (secondary N) is 2. The molecule has 2 N–H and O–H groups in total. The van der Waals surface area contributed by atoms with E-state index in [0.717, 1.165) is 47.3 Å². The van der Waals surface area contributed by atoms with Crippen LogP contribution in [0.5, 0.6) is 5.75 Å². The molecule has 15 heteroatoms. The number of ether oxygens (including phenoxy) is 2. The van der Waals surface area contributed by atoms with Crippen molar-refractivity contribution < 1.29 is 42.2 Å². The first-order valence-corrected chi connectivity index (χ1v) is 17.6. The Morgan fingerprint density at radius 1 is 1.00 bits per heavy atom. The number of carbonyl (C=O) groups excluding carboxylic acids is 5. The SMILES string of the molecule is O=C(COc1c(-c2csc(N3CCOCC3)n2)ccc(F)c1F)NCCCCCCCc1cccc2c1C(=O)N(C1CCC(=O)NC1=O)C2=O. The number of benzene rings is 2. The van der Waals surface area contributed by atoms with Crippen LogP contribution in [-0.2, 0) is 25.5 Å². The van der Waals surface area contributed by atoms with Crippen molar-refractivity contribution in [1.29, 1.82) is 0 Å². The third-order valence-electron chi connectivity index (χ3n) is 8.95. The van der Waals surface area contributed by atoms with Crippen LogP contribution in [0.3, 0.4) is 0 Å². The first kappa shape index (κ1) is 35.1. The number of hydrogen-bond donors (Lipinski definition) is 2. The van der Waals surface area contributed by atoms with Gasteiger partial charge in [-0.05, 0) is 49.4 Å². The lowest BCUT2D eigenvalue weighted by atomic mass is 9.97. The van der Waals surface area contributed by atoms with E-state index in [0.29, 0.717) is 56.9 Å². The molecule has 2 fully saturated rings. The fourth-order valence-corrected chi connectivity index (χ4v) is 7.22. The van der Waals surface area contributed by atoms with Gasteiger partial charge in [-0.2, -0.15) is 4.39 Å². The summed E-state index contributed by atoms with van der Waals surface area (Å²) in [7, 11) is 0. The van der Waals surface area contributed by atoms with Gasteiger partial charge in [0.2, 0.25) is 17.6 Å². The highest BCUT2D eigenvalue weighted by atomic mass is 32.1. The number of piperidine rings is 1. The smallest absolute Gasteiger partial charge is 0.262 e. The lowest BCUT2D eigenvalue weighted by Gasteiger charge is -2.27. The quantitative estimate of drug-likeness (QED) is 0.187. The molecule has 1 atom stereocenters. The van der Waals surface area contributed by atoms with Crippen LogP contribution in [0.15, 0.2) is 35.7 Å². The Morgan fingerprint density at radius 2 is 1.78 bits per heavy atom. The highest BCUT2D eigenvalue weighted by Gasteiger charge is 2.45. The second-order valence-corrected chi connectivity index (χ2v) is 13.1. The summed E-state index contributed by atoms with van der Waals surface area (Å²) in [6.45, 7) is 2.43. The molecule has 0 saturated carbocycles. The predicted molar refractivity (Wildman–Crippen MR) is 179 cm³/mol. The maximum absolute atomic E-state index is 14.8. The zero-order chi connectivity index (χ0) is 35.2. The summed E-state index contributed by atoms with van der Waals surface area (Å²) in [4.78, 5) is 70.3. The number of fused-ring (bicyclic) bond motifs is 1. The number of carbonyl (C=O) groups is 5. The Kier molecular flexibility index (Phi) is 11.1. The molecule has 1 unspecified atom stereocenters. The predicted octanol–water partition coefficient (Wildman–Crippen LogP) is 4.01. The van der Waals surface area contributed by atoms with E-state index in [1.807, 2.05) is 6.07 Å². The minimum atomic E-state index is -1.18. The summed E-state index contributed by atoms with van der Waals surface area (Å²) in [5.74, 6) is -5.18. The molecule has 1 aromatic heterocycles. The number of unbranched alkanes of at least 4 members (excludes halogenated alkanes) is 4. The molecule has 264 valence electrons. The normalized spacial score (nSPS) is 17.6. The van der Waals surface area contributed by atoms with Gasteiger partial charge in [0.25, 0.3) is 17.7 Å². The molecule has 0 aliphatic carbocycles. The first-order valence-electron chi connectivity index (χ1n) is 16.7. The topological polar surface area (TPSA) is 147 Å². The van der Waals surface area contributed by atoms with Gasteiger partial charge in [-0.15, -0.1) is 11.3 Å². The van der Waals surface area contributed by atoms with Gasteiger partial charge in [0.15, 0.2) is 23.3 Å². The Labute approximate surface area is 291 Å². The average Bonchev–Trinajstić information content (AvgIpc) is 3.70. The van der Waals surface area contributed by atoms with E-state index in [1.165, 1.54) is 17.4 Å². The summed E-state index contributed by atoms with van der Waals surface area (Å²) in [6.07, 6.45) is 4.76. The third-order valence-corrected chi connectivity index (χ3v) is 9.85. The van der Waals surface area contributed by atoms with Crippen LogP contribution >= 0.6 is 11.3 Å². The Morgan fingerprint density at radius 3 is 2.58 bits per heavy atom. The molecule has 3 aliphatic heterocycles. The van der Waals surface area contributed by atoms with Crippen molar-refractivity contribution in [3.05, 3.63) is 64.0 Å². The molecule has 6 rings (SSSR count). The highest BCUT2D eigenvalue weighted by Crippen LogP contribution is 2.36. The largest absolute Gasteiger partial charge is 0.480 e. The van der Waals surface area contributed by atoms with Gasteiger partial charge in [0, 0.05) is 37.0 Å². The lowest BCUT2D eigenvalue weighted by Crippen LogP contribution is -2.54. The Hall–Kier alpha value is -4.76. The number of rotatable bonds is 14. The van der Waals surface area contributed by atoms with E-state index < -0.39 is 53.8 Å². The van der Waals surface area contributed by atoms with Crippen LogP contribution in [0.25, 0.3) is 11.3 Å². The zero-order valence-corrected chi connectivity index (χ0v) is 28.1. The fraction of sp³-hybridized carbons (Fsp3) is 0.429. The number of nitrogens with zero attached hydrogens (tertiary/aromatic N) is 3. The molecule has 5 amide bonds. The minimum absolute atomic E-state index is 0.0642. The van der Waals surface area contributed by atoms with Crippen molar-refractivity contribution in [2.24, 2.45) is 0 Å². The standard InChI is InChI=1S/C35H37F2N5O7S/c36-24-11-10-22(25-20-50-35(39-25)41-15-17-48-18-16-41)31(30(24)37)49-19-28(44)38-14-5-3-1-2-4-7-21-8-6-9-23-29(21)34(47)42(33(23)46)26-12-13-27(43)40-32(26)45/h6,8-11,20,26H,1-5,7,12-19H2,(H,38,44)(H,40,43,45). The molecular weight excluding hydrogens is 672 g/mol. The fourth-order valence-electron chi connectivity index (χ4n) is 6.34. The molecule has 12 nitrogen and oxygen atoms in total. The van der Waals surface area contributed by atoms with E-state index in [1.54, 1.807) is 17.5 Å². The van der Waals surface area contributed by atoms with Gasteiger partial charge < -0.3 is 19.7 Å². The van der Waals surface area contributed by atoms with Gasteiger partial charge >= 0.3 is 0 Å². The lowest BCUT2D eigenvalue weighted by molar-refractivity contribution is -0.136. The molecule has 3 aliphatic rings. The molecule has 0 bridgehead atoms. The second kappa shape index (κ2) is 15.9. The van der Waals surface area contributed by atoms with Crippen LogP contribution in [0.1, 0.15) is 71.2 Å². The number of thiazole rings is 1. The maximum Gasteiger partial charge on any atom is 0.262 e. The molecular formula is C35H37F2N5O7S. The number of hydrogen-bond acceptors (Lipinski definition) is 10. The third kappa shape index (κ3) is 7.68. The van der Waals surface area contributed by atoms with E-state index in [-0.39, 0.29) is 29.7 Å². The summed E-state index contributed by atoms with van der Waals surface area (Å²) in [5, 5.41) is 7.44. The summed E-state index contributed by atoms with van der Waals surface area (Å²) in [6, 6.07) is 6.52.